The minimum atomic E-state index is -3.14. The molecule has 0 aliphatic rings. The molecule has 1 aromatic rings. The summed E-state index contributed by atoms with van der Waals surface area (Å²) in [5.74, 6) is 0.272. The fourth-order valence-corrected chi connectivity index (χ4v) is 2.55. The van der Waals surface area contributed by atoms with Crippen LogP contribution in [0.3, 0.4) is 0 Å². The first-order chi connectivity index (χ1) is 7.39. The molecular formula is C10H13NO3S2. The highest BCUT2D eigenvalue weighted by atomic mass is 32.2. The summed E-state index contributed by atoms with van der Waals surface area (Å²) in [7, 11) is -3.14. The Morgan fingerprint density at radius 2 is 1.88 bits per heavy atom. The normalized spacial score (nSPS) is 11.3. The van der Waals surface area contributed by atoms with E-state index in [0.717, 1.165) is 4.90 Å². The molecule has 4 nitrogen and oxygen atoms in total. The lowest BCUT2D eigenvalue weighted by Crippen LogP contribution is -2.10. The van der Waals surface area contributed by atoms with Gasteiger partial charge in [0.1, 0.15) is 0 Å². The van der Waals surface area contributed by atoms with E-state index in [1.807, 2.05) is 0 Å². The van der Waals surface area contributed by atoms with Gasteiger partial charge in [0.2, 0.25) is 5.91 Å². The number of hydrogen-bond donors (Lipinski definition) is 1. The van der Waals surface area contributed by atoms with Gasteiger partial charge >= 0.3 is 0 Å². The Morgan fingerprint density at radius 1 is 1.31 bits per heavy atom. The lowest BCUT2D eigenvalue weighted by atomic mass is 10.4. The molecule has 0 spiro atoms. The van der Waals surface area contributed by atoms with Crippen LogP contribution in [0.5, 0.6) is 0 Å². The third kappa shape index (κ3) is 4.24. The van der Waals surface area contributed by atoms with Gasteiger partial charge in [0.05, 0.1) is 4.90 Å². The number of nitrogens with two attached hydrogens (primary N) is 1. The van der Waals surface area contributed by atoms with Crippen molar-refractivity contribution in [2.75, 3.05) is 12.0 Å². The van der Waals surface area contributed by atoms with Gasteiger partial charge in [-0.25, -0.2) is 8.42 Å². The van der Waals surface area contributed by atoms with Crippen molar-refractivity contribution >= 4 is 27.5 Å². The van der Waals surface area contributed by atoms with Crippen molar-refractivity contribution in [2.45, 2.75) is 16.2 Å². The Morgan fingerprint density at radius 3 is 2.31 bits per heavy atom. The average Bonchev–Trinajstić information content (AvgIpc) is 2.16. The molecule has 16 heavy (non-hydrogen) atoms. The highest BCUT2D eigenvalue weighted by molar-refractivity contribution is 7.99. The summed E-state index contributed by atoms with van der Waals surface area (Å²) < 4.78 is 22.4. The third-order valence-corrected chi connectivity index (χ3v) is 4.01. The Kier molecular flexibility index (Phi) is 4.37. The summed E-state index contributed by atoms with van der Waals surface area (Å²) in [6.45, 7) is 0. The third-order valence-electron chi connectivity index (χ3n) is 1.87. The van der Waals surface area contributed by atoms with E-state index in [0.29, 0.717) is 17.1 Å². The van der Waals surface area contributed by atoms with E-state index in [1.54, 1.807) is 24.3 Å². The largest absolute Gasteiger partial charge is 0.370 e. The van der Waals surface area contributed by atoms with E-state index in [-0.39, 0.29) is 5.91 Å². The Labute approximate surface area is 99.1 Å². The van der Waals surface area contributed by atoms with Crippen LogP contribution in [0, 0.1) is 0 Å². The van der Waals surface area contributed by atoms with Crippen LogP contribution in [0.4, 0.5) is 0 Å². The topological polar surface area (TPSA) is 77.2 Å². The van der Waals surface area contributed by atoms with E-state index in [4.69, 9.17) is 5.73 Å². The molecule has 0 atom stereocenters. The van der Waals surface area contributed by atoms with Gasteiger partial charge in [0.25, 0.3) is 0 Å². The molecule has 0 radical (unpaired) electrons. The first kappa shape index (κ1) is 13.1. The van der Waals surface area contributed by atoms with Crippen LogP contribution in [0.15, 0.2) is 34.1 Å². The Bertz CT molecular complexity index is 465. The molecule has 88 valence electrons. The standard InChI is InChI=1S/C10H13NO3S2/c1-16(13,14)9-4-2-8(3-5-9)15-7-6-10(11)12/h2-5H,6-7H2,1H3,(H2,11,12). The molecular weight excluding hydrogens is 246 g/mol. The minimum Gasteiger partial charge on any atom is -0.370 e. The van der Waals surface area contributed by atoms with Crippen molar-refractivity contribution in [3.63, 3.8) is 0 Å². The summed E-state index contributed by atoms with van der Waals surface area (Å²) >= 11 is 1.47. The maximum Gasteiger partial charge on any atom is 0.218 e. The molecule has 0 unspecified atom stereocenters. The smallest absolute Gasteiger partial charge is 0.218 e. The number of carbonyl (C=O) groups excluding carboxylic acids is 1. The number of sulfone groups is 1. The van der Waals surface area contributed by atoms with Crippen LogP contribution in [-0.2, 0) is 14.6 Å². The van der Waals surface area contributed by atoms with Gasteiger partial charge in [0, 0.05) is 23.3 Å². The molecule has 1 rings (SSSR count). The molecule has 0 fully saturated rings. The minimum absolute atomic E-state index is 0.298. The number of rotatable bonds is 5. The van der Waals surface area contributed by atoms with Crippen LogP contribution in [0.1, 0.15) is 6.42 Å². The first-order valence-corrected chi connectivity index (χ1v) is 7.48. The maximum absolute atomic E-state index is 11.2. The molecule has 2 N–H and O–H groups in total. The van der Waals surface area contributed by atoms with Gasteiger partial charge in [-0.1, -0.05) is 0 Å². The zero-order chi connectivity index (χ0) is 12.2. The fourth-order valence-electron chi connectivity index (χ4n) is 1.05. The van der Waals surface area contributed by atoms with Crippen molar-refractivity contribution in [3.05, 3.63) is 24.3 Å². The van der Waals surface area contributed by atoms with E-state index in [2.05, 4.69) is 0 Å². The van der Waals surface area contributed by atoms with Crippen LogP contribution in [-0.4, -0.2) is 26.3 Å². The van der Waals surface area contributed by atoms with Crippen molar-refractivity contribution in [1.82, 2.24) is 0 Å². The van der Waals surface area contributed by atoms with Crippen LogP contribution in [0.25, 0.3) is 0 Å². The summed E-state index contributed by atoms with van der Waals surface area (Å²) in [6, 6.07) is 6.56. The second kappa shape index (κ2) is 5.36. The predicted octanol–water partition coefficient (Wildman–Crippen LogP) is 1.06. The fraction of sp³-hybridized carbons (Fsp3) is 0.300. The van der Waals surface area contributed by atoms with Gasteiger partial charge in [-0.05, 0) is 24.3 Å². The molecule has 0 heterocycles. The molecule has 0 aliphatic carbocycles. The molecule has 0 aromatic heterocycles. The van der Waals surface area contributed by atoms with E-state index < -0.39 is 9.84 Å². The van der Waals surface area contributed by atoms with Crippen molar-refractivity contribution in [1.29, 1.82) is 0 Å². The molecule has 1 amide bonds. The summed E-state index contributed by atoms with van der Waals surface area (Å²) in [5, 5.41) is 0. The number of carbonyl (C=O) groups is 1. The lowest BCUT2D eigenvalue weighted by Gasteiger charge is -2.01. The second-order valence-electron chi connectivity index (χ2n) is 3.31. The molecule has 0 saturated carbocycles. The highest BCUT2D eigenvalue weighted by Crippen LogP contribution is 2.20. The van der Waals surface area contributed by atoms with E-state index in [1.165, 1.54) is 18.0 Å². The number of thioether (sulfide) groups is 1. The van der Waals surface area contributed by atoms with Gasteiger partial charge < -0.3 is 5.73 Å². The van der Waals surface area contributed by atoms with Gasteiger partial charge in [-0.2, -0.15) is 0 Å². The van der Waals surface area contributed by atoms with Crippen LogP contribution >= 0.6 is 11.8 Å². The maximum atomic E-state index is 11.2. The van der Waals surface area contributed by atoms with E-state index in [9.17, 15) is 13.2 Å². The number of benzene rings is 1. The SMILES string of the molecule is CS(=O)(=O)c1ccc(SCCC(N)=O)cc1. The average molecular weight is 259 g/mol. The second-order valence-corrected chi connectivity index (χ2v) is 6.49. The van der Waals surface area contributed by atoms with Gasteiger partial charge in [-0.3, -0.25) is 4.79 Å². The van der Waals surface area contributed by atoms with E-state index >= 15 is 0 Å². The predicted molar refractivity (Wildman–Crippen MR) is 64.1 cm³/mol. The summed E-state index contributed by atoms with van der Waals surface area (Å²) in [5.41, 5.74) is 5.01. The number of hydrogen-bond acceptors (Lipinski definition) is 4. The number of amides is 1. The zero-order valence-corrected chi connectivity index (χ0v) is 10.5. The monoisotopic (exact) mass is 259 g/mol. The lowest BCUT2D eigenvalue weighted by molar-refractivity contribution is -0.117. The highest BCUT2D eigenvalue weighted by Gasteiger charge is 2.06. The molecule has 0 aliphatic heterocycles. The molecule has 6 heteroatoms. The summed E-state index contributed by atoms with van der Waals surface area (Å²) in [6.07, 6.45) is 1.49. The van der Waals surface area contributed by atoms with Gasteiger partial charge in [-0.15, -0.1) is 11.8 Å². The molecule has 0 bridgehead atoms. The van der Waals surface area contributed by atoms with Gasteiger partial charge in [0.15, 0.2) is 9.84 Å². The van der Waals surface area contributed by atoms with Crippen molar-refractivity contribution < 1.29 is 13.2 Å². The Balaban J connectivity index is 2.62. The summed E-state index contributed by atoms with van der Waals surface area (Å²) in [4.78, 5) is 11.7. The van der Waals surface area contributed by atoms with Crippen molar-refractivity contribution in [2.24, 2.45) is 5.73 Å². The zero-order valence-electron chi connectivity index (χ0n) is 8.84. The molecule has 1 aromatic carbocycles. The Hall–Kier alpha value is -1.01. The number of primary amides is 1. The molecule has 0 saturated heterocycles. The van der Waals surface area contributed by atoms with Crippen LogP contribution in [0.2, 0.25) is 0 Å². The quantitative estimate of drug-likeness (QED) is 0.802. The first-order valence-electron chi connectivity index (χ1n) is 4.61. The van der Waals surface area contributed by atoms with Crippen molar-refractivity contribution in [3.8, 4) is 0 Å². The van der Waals surface area contributed by atoms with Crippen LogP contribution < -0.4 is 5.73 Å².